The lowest BCUT2D eigenvalue weighted by Crippen LogP contribution is -2.32. The second kappa shape index (κ2) is 9.20. The molecule has 1 amide bonds. The van der Waals surface area contributed by atoms with Gasteiger partial charge in [-0.15, -0.1) is 0 Å². The van der Waals surface area contributed by atoms with Gasteiger partial charge >= 0.3 is 6.09 Å². The molecule has 0 saturated heterocycles. The highest BCUT2D eigenvalue weighted by atomic mass is 19.1. The molecule has 0 bridgehead atoms. The van der Waals surface area contributed by atoms with E-state index in [1.54, 1.807) is 49.7 Å². The van der Waals surface area contributed by atoms with Crippen molar-refractivity contribution in [3.8, 4) is 11.3 Å². The third-order valence-corrected chi connectivity index (χ3v) is 4.47. The lowest BCUT2D eigenvalue weighted by atomic mass is 10.1. The summed E-state index contributed by atoms with van der Waals surface area (Å²) in [7, 11) is 0. The van der Waals surface area contributed by atoms with Gasteiger partial charge in [-0.1, -0.05) is 12.1 Å². The first kappa shape index (κ1) is 22.3. The van der Waals surface area contributed by atoms with Crippen LogP contribution in [0.25, 0.3) is 16.8 Å². The lowest BCUT2D eigenvalue weighted by Gasteiger charge is -2.19. The summed E-state index contributed by atoms with van der Waals surface area (Å²) in [5, 5.41) is 6.67. The summed E-state index contributed by atoms with van der Waals surface area (Å²) in [6.45, 7) is 5.22. The van der Waals surface area contributed by atoms with Crippen LogP contribution >= 0.6 is 0 Å². The number of halogens is 2. The van der Waals surface area contributed by atoms with Crippen molar-refractivity contribution in [2.24, 2.45) is 0 Å². The molecule has 1 unspecified atom stereocenters. The molecule has 1 aromatic carbocycles. The quantitative estimate of drug-likeness (QED) is 0.572. The molecular weight excluding hydrogens is 406 g/mol. The summed E-state index contributed by atoms with van der Waals surface area (Å²) in [5.41, 5.74) is 2.15. The zero-order valence-electron chi connectivity index (χ0n) is 17.6. The Bertz CT molecular complexity index is 1090. The van der Waals surface area contributed by atoms with Crippen molar-refractivity contribution in [3.05, 3.63) is 53.7 Å². The Morgan fingerprint density at radius 1 is 1.32 bits per heavy atom. The van der Waals surface area contributed by atoms with Crippen molar-refractivity contribution in [2.75, 3.05) is 0 Å². The van der Waals surface area contributed by atoms with Gasteiger partial charge in [-0.25, -0.2) is 23.1 Å². The van der Waals surface area contributed by atoms with Crippen LogP contribution in [0.15, 0.2) is 36.8 Å². The molecule has 1 atom stereocenters. The first-order valence-corrected chi connectivity index (χ1v) is 9.83. The number of hydrogen-bond donors (Lipinski definition) is 1. The molecule has 0 saturated carbocycles. The summed E-state index contributed by atoms with van der Waals surface area (Å²) in [4.78, 5) is 26.5. The second-order valence-corrected chi connectivity index (χ2v) is 8.14. The normalized spacial score (nSPS) is 12.5. The van der Waals surface area contributed by atoms with Crippen molar-refractivity contribution in [1.82, 2.24) is 19.9 Å². The molecule has 0 fully saturated rings. The molecule has 3 aromatic rings. The van der Waals surface area contributed by atoms with Crippen LogP contribution in [0.5, 0.6) is 0 Å². The first-order valence-electron chi connectivity index (χ1n) is 9.83. The number of carbonyl (C=O) groups is 2. The molecule has 0 aliphatic heterocycles. The first-order chi connectivity index (χ1) is 14.7. The number of alkyl carbamates (subject to hydrolysis) is 1. The standard InChI is InChI=1S/C22H24F2N4O3/c1-22(2,3)31-21(30)25-10-16-6-5-15(9-18(16)24)20-19-8-14(4-7-17(23)12-29)11-28(19)27-13-26-20/h5-6,8-9,11-13,17H,4,7,10H2,1-3H3,(H,25,30). The monoisotopic (exact) mass is 430 g/mol. The van der Waals surface area contributed by atoms with Crippen LogP contribution in [0.1, 0.15) is 38.3 Å². The molecule has 1 N–H and O–H groups in total. The van der Waals surface area contributed by atoms with Crippen LogP contribution in [0.3, 0.4) is 0 Å². The molecule has 2 aromatic heterocycles. The van der Waals surface area contributed by atoms with E-state index in [9.17, 15) is 18.4 Å². The highest BCUT2D eigenvalue weighted by molar-refractivity contribution is 5.77. The predicted octanol–water partition coefficient (Wildman–Crippen LogP) is 4.03. The molecule has 31 heavy (non-hydrogen) atoms. The lowest BCUT2D eigenvalue weighted by molar-refractivity contribution is -0.112. The Balaban J connectivity index is 1.78. The summed E-state index contributed by atoms with van der Waals surface area (Å²) >= 11 is 0. The van der Waals surface area contributed by atoms with Gasteiger partial charge in [0.1, 0.15) is 17.7 Å². The van der Waals surface area contributed by atoms with Crippen LogP contribution in [0.2, 0.25) is 0 Å². The summed E-state index contributed by atoms with van der Waals surface area (Å²) < 4.78 is 34.6. The summed E-state index contributed by atoms with van der Waals surface area (Å²) in [6, 6.07) is 6.41. The maximum absolute atomic E-state index is 14.7. The Morgan fingerprint density at radius 2 is 2.10 bits per heavy atom. The zero-order valence-corrected chi connectivity index (χ0v) is 17.6. The molecule has 9 heteroatoms. The minimum absolute atomic E-state index is 0.0172. The van der Waals surface area contributed by atoms with Gasteiger partial charge in [-0.3, -0.25) is 0 Å². The van der Waals surface area contributed by atoms with Crippen molar-refractivity contribution in [1.29, 1.82) is 0 Å². The largest absolute Gasteiger partial charge is 0.444 e. The number of carbonyl (C=O) groups excluding carboxylic acids is 2. The summed E-state index contributed by atoms with van der Waals surface area (Å²) in [5.74, 6) is -0.497. The fraction of sp³-hybridized carbons (Fsp3) is 0.364. The molecule has 0 aliphatic rings. The van der Waals surface area contributed by atoms with Crippen molar-refractivity contribution in [3.63, 3.8) is 0 Å². The average Bonchev–Trinajstić information content (AvgIpc) is 3.13. The van der Waals surface area contributed by atoms with E-state index in [1.807, 2.05) is 0 Å². The Hall–Kier alpha value is -3.36. The molecule has 0 radical (unpaired) electrons. The number of alkyl halides is 1. The molecule has 0 aliphatic carbocycles. The van der Waals surface area contributed by atoms with Gasteiger partial charge in [-0.2, -0.15) is 5.10 Å². The molecule has 2 heterocycles. The average molecular weight is 430 g/mol. The Morgan fingerprint density at radius 3 is 2.77 bits per heavy atom. The van der Waals surface area contributed by atoms with E-state index in [2.05, 4.69) is 15.4 Å². The number of aldehydes is 1. The van der Waals surface area contributed by atoms with Crippen LogP contribution < -0.4 is 5.32 Å². The van der Waals surface area contributed by atoms with E-state index in [0.717, 1.165) is 5.56 Å². The SMILES string of the molecule is CC(C)(C)OC(=O)NCc1ccc(-c2ncnn3cc(CCC(F)C=O)cc23)cc1F. The van der Waals surface area contributed by atoms with Crippen LogP contribution in [0, 0.1) is 5.82 Å². The number of rotatable bonds is 7. The van der Waals surface area contributed by atoms with E-state index >= 15 is 0 Å². The number of amides is 1. The number of benzene rings is 1. The molecule has 0 spiro atoms. The zero-order chi connectivity index (χ0) is 22.6. The fourth-order valence-electron chi connectivity index (χ4n) is 3.03. The smallest absolute Gasteiger partial charge is 0.407 e. The number of nitrogens with one attached hydrogen (secondary N) is 1. The van der Waals surface area contributed by atoms with E-state index in [1.165, 1.54) is 12.4 Å². The van der Waals surface area contributed by atoms with E-state index in [4.69, 9.17) is 4.74 Å². The number of aromatic nitrogens is 3. The minimum Gasteiger partial charge on any atom is -0.444 e. The number of nitrogens with zero attached hydrogens (tertiary/aromatic N) is 3. The van der Waals surface area contributed by atoms with Gasteiger partial charge < -0.3 is 14.8 Å². The summed E-state index contributed by atoms with van der Waals surface area (Å²) in [6.07, 6.45) is 1.68. The molecule has 3 rings (SSSR count). The number of ether oxygens (including phenoxy) is 1. The Kier molecular flexibility index (Phi) is 6.62. The number of aryl methyl sites for hydroxylation is 1. The molecule has 164 valence electrons. The van der Waals surface area contributed by atoms with Gasteiger partial charge in [0.15, 0.2) is 12.5 Å². The van der Waals surface area contributed by atoms with Gasteiger partial charge in [0.05, 0.1) is 11.2 Å². The van der Waals surface area contributed by atoms with Gasteiger partial charge in [0.2, 0.25) is 0 Å². The Labute approximate surface area is 178 Å². The van der Waals surface area contributed by atoms with Crippen molar-refractivity contribution >= 4 is 17.9 Å². The fourth-order valence-corrected chi connectivity index (χ4v) is 3.03. The van der Waals surface area contributed by atoms with Crippen molar-refractivity contribution < 1.29 is 23.1 Å². The minimum atomic E-state index is -1.51. The topological polar surface area (TPSA) is 85.6 Å². The number of fused-ring (bicyclic) bond motifs is 1. The molecular formula is C22H24F2N4O3. The molecule has 7 nitrogen and oxygen atoms in total. The second-order valence-electron chi connectivity index (χ2n) is 8.14. The van der Waals surface area contributed by atoms with E-state index in [0.29, 0.717) is 28.8 Å². The predicted molar refractivity (Wildman–Crippen MR) is 111 cm³/mol. The third kappa shape index (κ3) is 5.84. The van der Waals surface area contributed by atoms with Crippen LogP contribution in [-0.2, 0) is 22.5 Å². The van der Waals surface area contributed by atoms with Gasteiger partial charge in [0, 0.05) is 23.9 Å². The maximum Gasteiger partial charge on any atom is 0.407 e. The van der Waals surface area contributed by atoms with Crippen molar-refractivity contribution in [2.45, 2.75) is 51.9 Å². The highest BCUT2D eigenvalue weighted by Crippen LogP contribution is 2.26. The third-order valence-electron chi connectivity index (χ3n) is 4.47. The van der Waals surface area contributed by atoms with E-state index in [-0.39, 0.29) is 19.3 Å². The van der Waals surface area contributed by atoms with Gasteiger partial charge in [-0.05, 0) is 51.3 Å². The van der Waals surface area contributed by atoms with E-state index < -0.39 is 23.7 Å². The van der Waals surface area contributed by atoms with Gasteiger partial charge in [0.25, 0.3) is 0 Å². The van der Waals surface area contributed by atoms with Crippen LogP contribution in [-0.4, -0.2) is 38.8 Å². The van der Waals surface area contributed by atoms with Crippen LogP contribution in [0.4, 0.5) is 13.6 Å². The maximum atomic E-state index is 14.7. The number of hydrogen-bond acceptors (Lipinski definition) is 5. The highest BCUT2D eigenvalue weighted by Gasteiger charge is 2.17.